The maximum absolute atomic E-state index is 10.9. The fourth-order valence-electron chi connectivity index (χ4n) is 1.39. The molecule has 2 atom stereocenters. The summed E-state index contributed by atoms with van der Waals surface area (Å²) in [6.07, 6.45) is -0.430. The first kappa shape index (κ1) is 24.3. The first-order valence-corrected chi connectivity index (χ1v) is 6.62. The number of carbonyl (C=O) groups is 1. The van der Waals surface area contributed by atoms with Crippen molar-refractivity contribution in [3.8, 4) is 0 Å². The van der Waals surface area contributed by atoms with E-state index in [1.807, 2.05) is 35.0 Å². The summed E-state index contributed by atoms with van der Waals surface area (Å²) < 4.78 is 0.215. The molecule has 0 aromatic carbocycles. The summed E-state index contributed by atoms with van der Waals surface area (Å²) in [7, 11) is 6.04. The molecule has 0 radical (unpaired) electrons. The largest absolute Gasteiger partial charge is 1.00 e. The van der Waals surface area contributed by atoms with E-state index < -0.39 is 22.9 Å². The van der Waals surface area contributed by atoms with E-state index in [4.69, 9.17) is 5.11 Å². The van der Waals surface area contributed by atoms with Crippen molar-refractivity contribution in [3.05, 3.63) is 0 Å². The van der Waals surface area contributed by atoms with Crippen molar-refractivity contribution in [2.24, 2.45) is 0 Å². The highest BCUT2D eigenvalue weighted by molar-refractivity contribution is 8.00. The van der Waals surface area contributed by atoms with Gasteiger partial charge in [-0.3, -0.25) is 0 Å². The van der Waals surface area contributed by atoms with Crippen molar-refractivity contribution in [2.75, 3.05) is 33.4 Å². The van der Waals surface area contributed by atoms with Crippen LogP contribution in [0.15, 0.2) is 0 Å². The van der Waals surface area contributed by atoms with Crippen molar-refractivity contribution in [2.45, 2.75) is 30.7 Å². The van der Waals surface area contributed by atoms with Gasteiger partial charge in [0.15, 0.2) is 6.04 Å². The summed E-state index contributed by atoms with van der Waals surface area (Å²) in [6, 6.07) is -0.677. The Morgan fingerprint density at radius 1 is 1.32 bits per heavy atom. The van der Waals surface area contributed by atoms with Crippen molar-refractivity contribution in [3.63, 3.8) is 0 Å². The van der Waals surface area contributed by atoms with Crippen molar-refractivity contribution >= 4 is 17.7 Å². The molecule has 0 aliphatic rings. The molecule has 0 unspecified atom stereocenters. The summed E-state index contributed by atoms with van der Waals surface area (Å²) in [5.41, 5.74) is 3.66. The molecule has 0 heterocycles. The molecule has 0 aliphatic carbocycles. The molecule has 0 fully saturated rings. The first-order valence-electron chi connectivity index (χ1n) is 5.64. The highest BCUT2D eigenvalue weighted by Gasteiger charge is 2.36. The number of carboxylic acids is 1. The number of likely N-dealkylation sites (N-methyl/N-ethyl adjacent to an activating group) is 1. The van der Waals surface area contributed by atoms with Gasteiger partial charge in [0.05, 0.1) is 25.9 Å². The number of hydrogen-bond acceptors (Lipinski definition) is 3. The lowest BCUT2D eigenvalue weighted by Gasteiger charge is -2.29. The normalized spacial score (nSPS) is 14.9. The Morgan fingerprint density at radius 3 is 2.05 bits per heavy atom. The second-order valence-electron chi connectivity index (χ2n) is 5.93. The van der Waals surface area contributed by atoms with Gasteiger partial charge in [-0.15, -0.1) is 11.8 Å². The van der Waals surface area contributed by atoms with Crippen molar-refractivity contribution in [1.82, 2.24) is 0 Å². The van der Waals surface area contributed by atoms with Gasteiger partial charge in [0.25, 0.3) is 0 Å². The SMILES string of the molecule is CC(C)(SC[C@@H](O)C[N+](C)(C)C)[C@@H]([NH3+])C(=O)O.[Cl-].[Cl-]. The summed E-state index contributed by atoms with van der Waals surface area (Å²) in [5, 5.41) is 18.8. The summed E-state index contributed by atoms with van der Waals surface area (Å²) in [6.45, 7) is 4.35. The second-order valence-corrected chi connectivity index (χ2v) is 7.61. The van der Waals surface area contributed by atoms with Crippen LogP contribution in [0, 0.1) is 0 Å². The number of hydrogen-bond donors (Lipinski definition) is 3. The van der Waals surface area contributed by atoms with Crippen LogP contribution in [-0.4, -0.2) is 71.0 Å². The Kier molecular flexibility index (Phi) is 11.8. The minimum absolute atomic E-state index is 0. The van der Waals surface area contributed by atoms with Crippen LogP contribution in [-0.2, 0) is 4.79 Å². The van der Waals surface area contributed by atoms with E-state index >= 15 is 0 Å². The first-order chi connectivity index (χ1) is 7.46. The molecule has 5 N–H and O–H groups in total. The van der Waals surface area contributed by atoms with Crippen LogP contribution in [0.2, 0.25) is 0 Å². The van der Waals surface area contributed by atoms with Gasteiger partial charge >= 0.3 is 5.97 Å². The number of halogens is 2. The molecular weight excluding hydrogens is 311 g/mol. The molecule has 0 saturated heterocycles. The molecule has 0 aromatic rings. The lowest BCUT2D eigenvalue weighted by molar-refractivity contribution is -0.873. The fourth-order valence-corrected chi connectivity index (χ4v) is 2.42. The maximum Gasteiger partial charge on any atom is 0.363 e. The standard InChI is InChI=1S/C11H24N2O3S.2ClH/c1-11(2,9(12)10(15)16)17-7-8(14)6-13(3,4)5;;/h8-9,14H,6-7,12H2,1-5H3;2*1H/t8-,9-;;/m0../s1. The van der Waals surface area contributed by atoms with Crippen LogP contribution in [0.25, 0.3) is 0 Å². The average molecular weight is 337 g/mol. The molecule has 0 saturated carbocycles. The van der Waals surface area contributed by atoms with Gasteiger partial charge in [0.2, 0.25) is 0 Å². The van der Waals surface area contributed by atoms with Gasteiger partial charge in [-0.25, -0.2) is 4.79 Å². The molecule has 118 valence electrons. The molecule has 0 aliphatic heterocycles. The van der Waals surface area contributed by atoms with Crippen LogP contribution in [0.1, 0.15) is 13.8 Å². The van der Waals surface area contributed by atoms with Gasteiger partial charge in [0.1, 0.15) is 12.6 Å². The lowest BCUT2D eigenvalue weighted by Crippen LogP contribution is -3.00. The maximum atomic E-state index is 10.9. The van der Waals surface area contributed by atoms with Gasteiger partial charge in [-0.2, -0.15) is 0 Å². The van der Waals surface area contributed by atoms with Gasteiger partial charge < -0.3 is 45.2 Å². The zero-order valence-electron chi connectivity index (χ0n) is 12.2. The summed E-state index contributed by atoms with van der Waals surface area (Å²) in [4.78, 5) is 10.9. The number of rotatable bonds is 7. The van der Waals surface area contributed by atoms with Gasteiger partial charge in [-0.05, 0) is 13.8 Å². The third-order valence-electron chi connectivity index (χ3n) is 2.54. The predicted octanol–water partition coefficient (Wildman–Crippen LogP) is -6.73. The second kappa shape index (κ2) is 9.26. The molecule has 0 spiro atoms. The quantitative estimate of drug-likeness (QED) is 0.403. The highest BCUT2D eigenvalue weighted by atomic mass is 35.5. The number of aliphatic carboxylic acids is 1. The third kappa shape index (κ3) is 10.7. The molecule has 8 heteroatoms. The Bertz CT molecular complexity index is 273. The van der Waals surface area contributed by atoms with Crippen LogP contribution < -0.4 is 30.5 Å². The minimum Gasteiger partial charge on any atom is -1.00 e. The monoisotopic (exact) mass is 336 g/mol. The number of nitrogens with zero attached hydrogens (tertiary/aromatic N) is 1. The molecule has 0 aromatic heterocycles. The average Bonchev–Trinajstić information content (AvgIpc) is 2.11. The summed E-state index contributed by atoms with van der Waals surface area (Å²) in [5.74, 6) is -0.370. The van der Waals surface area contributed by atoms with Crippen molar-refractivity contribution < 1.29 is 50.0 Å². The van der Waals surface area contributed by atoms with E-state index in [-0.39, 0.29) is 24.8 Å². The zero-order chi connectivity index (χ0) is 13.9. The van der Waals surface area contributed by atoms with Gasteiger partial charge in [-0.1, -0.05) is 0 Å². The number of aliphatic hydroxyl groups is 1. The number of aliphatic hydroxyl groups excluding tert-OH is 1. The Balaban J connectivity index is -0.00000128. The van der Waals surface area contributed by atoms with Crippen LogP contribution in [0.5, 0.6) is 0 Å². The van der Waals surface area contributed by atoms with E-state index in [2.05, 4.69) is 5.73 Å². The molecule has 19 heavy (non-hydrogen) atoms. The molecule has 0 amide bonds. The smallest absolute Gasteiger partial charge is 0.363 e. The van der Waals surface area contributed by atoms with E-state index in [0.717, 1.165) is 0 Å². The third-order valence-corrected chi connectivity index (χ3v) is 4.12. The summed E-state index contributed by atoms with van der Waals surface area (Å²) >= 11 is 1.46. The molecule has 5 nitrogen and oxygen atoms in total. The topological polar surface area (TPSA) is 85.2 Å². The van der Waals surface area contributed by atoms with Gasteiger partial charge in [0, 0.05) is 5.75 Å². The zero-order valence-corrected chi connectivity index (χ0v) is 14.5. The highest BCUT2D eigenvalue weighted by Crippen LogP contribution is 2.27. The van der Waals surface area contributed by atoms with Crippen LogP contribution in [0.3, 0.4) is 0 Å². The van der Waals surface area contributed by atoms with Crippen molar-refractivity contribution in [1.29, 1.82) is 0 Å². The minimum atomic E-state index is -0.899. The fraction of sp³-hybridized carbons (Fsp3) is 0.909. The number of carboxylic acid groups (broad SMARTS) is 1. The van der Waals surface area contributed by atoms with E-state index in [0.29, 0.717) is 16.8 Å². The van der Waals surface area contributed by atoms with Crippen LogP contribution >= 0.6 is 11.8 Å². The Labute approximate surface area is 132 Å². The lowest BCUT2D eigenvalue weighted by atomic mass is 10.1. The van der Waals surface area contributed by atoms with E-state index in [1.54, 1.807) is 0 Å². The Morgan fingerprint density at radius 2 is 1.74 bits per heavy atom. The number of thioether (sulfide) groups is 1. The predicted molar refractivity (Wildman–Crippen MR) is 69.8 cm³/mol. The van der Waals surface area contributed by atoms with E-state index in [9.17, 15) is 9.90 Å². The van der Waals surface area contributed by atoms with Crippen LogP contribution in [0.4, 0.5) is 0 Å². The molecule has 0 bridgehead atoms. The number of quaternary nitrogens is 2. The molecule has 0 rings (SSSR count). The molecular formula is C11H26Cl2N2O3S. The van der Waals surface area contributed by atoms with E-state index in [1.165, 1.54) is 11.8 Å². The Hall–Kier alpha value is 0.280.